The van der Waals surface area contributed by atoms with E-state index in [2.05, 4.69) is 4.98 Å². The number of carbonyl (C=O) groups is 2. The zero-order valence-electron chi connectivity index (χ0n) is 17.7. The number of hydrogen-bond donors (Lipinski definition) is 1. The molecule has 1 saturated heterocycles. The van der Waals surface area contributed by atoms with Gasteiger partial charge in [-0.05, 0) is 60.2 Å². The Bertz CT molecular complexity index is 1270. The van der Waals surface area contributed by atoms with Gasteiger partial charge in [0.2, 0.25) is 0 Å². The fourth-order valence-corrected chi connectivity index (χ4v) is 4.22. The topological polar surface area (TPSA) is 83.0 Å². The lowest BCUT2D eigenvalue weighted by molar-refractivity contribution is -0.132. The first-order valence-corrected chi connectivity index (χ1v) is 10.4. The van der Waals surface area contributed by atoms with Crippen LogP contribution in [0.3, 0.4) is 0 Å². The highest BCUT2D eigenvalue weighted by Gasteiger charge is 2.47. The van der Waals surface area contributed by atoms with Gasteiger partial charge in [0.25, 0.3) is 11.7 Å². The van der Waals surface area contributed by atoms with Crippen LogP contribution >= 0.6 is 0 Å². The van der Waals surface area contributed by atoms with Crippen molar-refractivity contribution in [2.75, 3.05) is 30.0 Å². The van der Waals surface area contributed by atoms with Gasteiger partial charge < -0.3 is 14.7 Å². The van der Waals surface area contributed by atoms with E-state index in [9.17, 15) is 19.1 Å². The van der Waals surface area contributed by atoms with Gasteiger partial charge in [0.05, 0.1) is 23.8 Å². The summed E-state index contributed by atoms with van der Waals surface area (Å²) in [6.45, 7) is 1.24. The van der Waals surface area contributed by atoms with Crippen molar-refractivity contribution >= 4 is 28.8 Å². The van der Waals surface area contributed by atoms with Crippen LogP contribution in [0.15, 0.2) is 72.6 Å². The third-order valence-electron chi connectivity index (χ3n) is 5.90. The van der Waals surface area contributed by atoms with Crippen LogP contribution in [0.4, 0.5) is 15.8 Å². The Balaban J connectivity index is 1.69. The average Bonchev–Trinajstić information content (AvgIpc) is 3.10. The summed E-state index contributed by atoms with van der Waals surface area (Å²) in [6.07, 6.45) is 3.09. The summed E-state index contributed by atoms with van der Waals surface area (Å²) in [5.41, 5.74) is 2.06. The molecule has 0 aliphatic carbocycles. The number of rotatable bonds is 3. The van der Waals surface area contributed by atoms with Gasteiger partial charge >= 0.3 is 0 Å². The number of ether oxygens (including phenoxy) is 1. The standard InChI is InChI=1S/C25H20FN3O4/c1-28-12-13-33-20-7-2-16(14-19(20)28)23(30)21-22(15-8-10-27-11-9-15)29(25(32)24(21)31)18-5-3-17(26)4-6-18/h2-11,14,22,30H,12-13H2,1H3/b23-21-. The number of amides is 1. The Kier molecular flexibility index (Phi) is 5.05. The van der Waals surface area contributed by atoms with Gasteiger partial charge in [-0.3, -0.25) is 19.5 Å². The summed E-state index contributed by atoms with van der Waals surface area (Å²) < 4.78 is 19.2. The summed E-state index contributed by atoms with van der Waals surface area (Å²) in [4.78, 5) is 33.6. The molecule has 166 valence electrons. The third kappa shape index (κ3) is 3.49. The van der Waals surface area contributed by atoms with E-state index in [1.54, 1.807) is 42.7 Å². The minimum atomic E-state index is -0.900. The number of fused-ring (bicyclic) bond motifs is 1. The average molecular weight is 445 g/mol. The number of hydrogen-bond acceptors (Lipinski definition) is 6. The molecule has 3 aromatic rings. The highest BCUT2D eigenvalue weighted by molar-refractivity contribution is 6.51. The van der Waals surface area contributed by atoms with Crippen molar-refractivity contribution in [3.8, 4) is 5.75 Å². The van der Waals surface area contributed by atoms with E-state index in [-0.39, 0.29) is 11.3 Å². The molecule has 1 N–H and O–H groups in total. The molecule has 1 amide bonds. The van der Waals surface area contributed by atoms with Crippen LogP contribution in [0.1, 0.15) is 17.2 Å². The van der Waals surface area contributed by atoms with E-state index in [0.29, 0.717) is 35.7 Å². The van der Waals surface area contributed by atoms with Crippen LogP contribution in [-0.4, -0.2) is 42.0 Å². The molecule has 0 bridgehead atoms. The maximum Gasteiger partial charge on any atom is 0.300 e. The summed E-state index contributed by atoms with van der Waals surface area (Å²) in [5, 5.41) is 11.3. The molecule has 1 unspecified atom stereocenters. The highest BCUT2D eigenvalue weighted by Crippen LogP contribution is 2.43. The van der Waals surface area contributed by atoms with Crippen molar-refractivity contribution in [3.05, 3.63) is 89.5 Å². The smallest absolute Gasteiger partial charge is 0.300 e. The minimum absolute atomic E-state index is 0.0464. The number of likely N-dealkylation sites (N-methyl/N-ethyl adjacent to an activating group) is 1. The van der Waals surface area contributed by atoms with Gasteiger partial charge in [-0.15, -0.1) is 0 Å². The second-order valence-electron chi connectivity index (χ2n) is 7.88. The molecule has 3 heterocycles. The predicted molar refractivity (Wildman–Crippen MR) is 121 cm³/mol. The third-order valence-corrected chi connectivity index (χ3v) is 5.90. The second-order valence-corrected chi connectivity index (χ2v) is 7.88. The molecular weight excluding hydrogens is 425 g/mol. The van der Waals surface area contributed by atoms with Gasteiger partial charge in [-0.2, -0.15) is 0 Å². The number of aromatic nitrogens is 1. The number of benzene rings is 2. The van der Waals surface area contributed by atoms with Crippen LogP contribution in [-0.2, 0) is 9.59 Å². The summed E-state index contributed by atoms with van der Waals surface area (Å²) in [7, 11) is 1.91. The first-order valence-electron chi connectivity index (χ1n) is 10.4. The van der Waals surface area contributed by atoms with Gasteiger partial charge in [0.1, 0.15) is 23.9 Å². The normalized spacial score (nSPS) is 19.4. The SMILES string of the molecule is CN1CCOc2ccc(/C(O)=C3/C(=O)C(=O)N(c4ccc(F)cc4)C3c3ccncc3)cc21. The molecule has 8 heteroatoms. The van der Waals surface area contributed by atoms with Crippen LogP contribution in [0.2, 0.25) is 0 Å². The Labute approximate surface area is 189 Å². The maximum absolute atomic E-state index is 13.5. The number of halogens is 1. The molecule has 7 nitrogen and oxygen atoms in total. The lowest BCUT2D eigenvalue weighted by Gasteiger charge is -2.28. The van der Waals surface area contributed by atoms with E-state index < -0.39 is 23.5 Å². The van der Waals surface area contributed by atoms with Gasteiger partial charge in [-0.25, -0.2) is 4.39 Å². The van der Waals surface area contributed by atoms with Crippen LogP contribution in [0.25, 0.3) is 5.76 Å². The molecular formula is C25H20FN3O4. The van der Waals surface area contributed by atoms with E-state index in [4.69, 9.17) is 4.74 Å². The summed E-state index contributed by atoms with van der Waals surface area (Å²) >= 11 is 0. The van der Waals surface area contributed by atoms with Crippen LogP contribution in [0, 0.1) is 5.82 Å². The zero-order valence-corrected chi connectivity index (χ0v) is 17.7. The molecule has 0 spiro atoms. The van der Waals surface area contributed by atoms with Gasteiger partial charge in [-0.1, -0.05) is 0 Å². The van der Waals surface area contributed by atoms with Crippen molar-refractivity contribution in [3.63, 3.8) is 0 Å². The highest BCUT2D eigenvalue weighted by atomic mass is 19.1. The summed E-state index contributed by atoms with van der Waals surface area (Å²) in [6, 6.07) is 12.9. The predicted octanol–water partition coefficient (Wildman–Crippen LogP) is 3.68. The van der Waals surface area contributed by atoms with E-state index in [1.165, 1.54) is 29.2 Å². The Hall–Kier alpha value is -4.20. The van der Waals surface area contributed by atoms with Crippen LogP contribution < -0.4 is 14.5 Å². The molecule has 2 aliphatic heterocycles. The quantitative estimate of drug-likeness (QED) is 0.376. The number of Topliss-reactive ketones (excluding diaryl/α,β-unsaturated/α-hetero) is 1. The zero-order chi connectivity index (χ0) is 23.1. The van der Waals surface area contributed by atoms with Crippen molar-refractivity contribution in [1.82, 2.24) is 4.98 Å². The molecule has 2 aliphatic rings. The van der Waals surface area contributed by atoms with Crippen molar-refractivity contribution < 1.29 is 23.8 Å². The number of aliphatic hydroxyl groups is 1. The van der Waals surface area contributed by atoms with Crippen molar-refractivity contribution in [1.29, 1.82) is 0 Å². The number of aliphatic hydroxyl groups excluding tert-OH is 1. The monoisotopic (exact) mass is 445 g/mol. The number of nitrogens with zero attached hydrogens (tertiary/aromatic N) is 3. The fourth-order valence-electron chi connectivity index (χ4n) is 4.22. The molecule has 1 atom stereocenters. The molecule has 0 radical (unpaired) electrons. The maximum atomic E-state index is 13.5. The first kappa shape index (κ1) is 20.7. The molecule has 2 aromatic carbocycles. The lowest BCUT2D eigenvalue weighted by atomic mass is 9.95. The lowest BCUT2D eigenvalue weighted by Crippen LogP contribution is -2.29. The molecule has 1 aromatic heterocycles. The largest absolute Gasteiger partial charge is 0.507 e. The molecule has 33 heavy (non-hydrogen) atoms. The number of ketones is 1. The van der Waals surface area contributed by atoms with Crippen molar-refractivity contribution in [2.45, 2.75) is 6.04 Å². The summed E-state index contributed by atoms with van der Waals surface area (Å²) in [5.74, 6) is -1.69. The molecule has 1 fully saturated rings. The number of pyridine rings is 1. The number of anilines is 2. The number of carbonyl (C=O) groups excluding carboxylic acids is 2. The Morgan fingerprint density at radius 2 is 1.82 bits per heavy atom. The van der Waals surface area contributed by atoms with Crippen molar-refractivity contribution in [2.24, 2.45) is 0 Å². The Morgan fingerprint density at radius 1 is 1.09 bits per heavy atom. The molecule has 5 rings (SSSR count). The minimum Gasteiger partial charge on any atom is -0.507 e. The van der Waals surface area contributed by atoms with Gasteiger partial charge in [0, 0.05) is 30.7 Å². The first-order chi connectivity index (χ1) is 16.0. The van der Waals surface area contributed by atoms with E-state index in [1.807, 2.05) is 11.9 Å². The Morgan fingerprint density at radius 3 is 2.55 bits per heavy atom. The second kappa shape index (κ2) is 8.05. The van der Waals surface area contributed by atoms with Crippen LogP contribution in [0.5, 0.6) is 5.75 Å². The fraction of sp³-hybridized carbons (Fsp3) is 0.160. The molecule has 0 saturated carbocycles. The van der Waals surface area contributed by atoms with E-state index in [0.717, 1.165) is 5.69 Å². The van der Waals surface area contributed by atoms with Gasteiger partial charge in [0.15, 0.2) is 0 Å². The van der Waals surface area contributed by atoms with E-state index >= 15 is 0 Å².